The average Bonchev–Trinajstić information content (AvgIpc) is 2.66. The number of rotatable bonds is 6. The van der Waals surface area contributed by atoms with Crippen LogP contribution in [0.2, 0.25) is 0 Å². The molecular weight excluding hydrogens is 344 g/mol. The molecule has 7 heteroatoms. The second-order valence-electron chi connectivity index (χ2n) is 6.29. The van der Waals surface area contributed by atoms with Crippen molar-refractivity contribution in [2.75, 3.05) is 12.4 Å². The summed E-state index contributed by atoms with van der Waals surface area (Å²) in [5.41, 5.74) is 2.51. The highest BCUT2D eigenvalue weighted by molar-refractivity contribution is 6.04. The number of carbonyl (C=O) groups is 3. The molecule has 27 heavy (non-hydrogen) atoms. The van der Waals surface area contributed by atoms with Gasteiger partial charge in [-0.25, -0.2) is 4.79 Å². The van der Waals surface area contributed by atoms with E-state index in [2.05, 4.69) is 21.3 Å². The molecule has 0 aromatic heterocycles. The van der Waals surface area contributed by atoms with E-state index in [1.54, 1.807) is 55.6 Å². The minimum absolute atomic E-state index is 0.0708. The molecule has 4 N–H and O–H groups in total. The number of carbonyl (C=O) groups excluding carboxylic acids is 3. The first-order valence-corrected chi connectivity index (χ1v) is 8.66. The number of nitrogens with one attached hydrogen (secondary N) is 4. The lowest BCUT2D eigenvalue weighted by atomic mass is 10.1. The molecule has 2 aromatic rings. The van der Waals surface area contributed by atoms with Crippen LogP contribution in [0.3, 0.4) is 0 Å². The van der Waals surface area contributed by atoms with Crippen molar-refractivity contribution in [2.45, 2.75) is 26.4 Å². The molecule has 0 fully saturated rings. The fraction of sp³-hybridized carbons (Fsp3) is 0.250. The molecule has 7 nitrogen and oxygen atoms in total. The van der Waals surface area contributed by atoms with Gasteiger partial charge in [-0.1, -0.05) is 12.1 Å². The van der Waals surface area contributed by atoms with Crippen molar-refractivity contribution in [1.29, 1.82) is 0 Å². The summed E-state index contributed by atoms with van der Waals surface area (Å²) in [7, 11) is 1.56. The standard InChI is InChI=1S/C20H24N4O3/c1-13(2)23-20(27)22-12-14-4-6-16(7-5-14)19(26)24-17-10-8-15(9-11-17)18(25)21-3/h4-11,13H,12H2,1-3H3,(H,21,25)(H,24,26)(H2,22,23,27). The predicted molar refractivity (Wildman–Crippen MR) is 105 cm³/mol. The van der Waals surface area contributed by atoms with Gasteiger partial charge in [-0.2, -0.15) is 0 Å². The lowest BCUT2D eigenvalue weighted by Gasteiger charge is -2.10. The van der Waals surface area contributed by atoms with E-state index in [-0.39, 0.29) is 23.9 Å². The topological polar surface area (TPSA) is 99.3 Å². The summed E-state index contributed by atoms with van der Waals surface area (Å²) in [6, 6.07) is 13.5. The second-order valence-corrected chi connectivity index (χ2v) is 6.29. The normalized spacial score (nSPS) is 10.2. The monoisotopic (exact) mass is 368 g/mol. The van der Waals surface area contributed by atoms with Crippen LogP contribution in [0.1, 0.15) is 40.1 Å². The van der Waals surface area contributed by atoms with Gasteiger partial charge in [0.2, 0.25) is 0 Å². The van der Waals surface area contributed by atoms with Gasteiger partial charge in [-0.15, -0.1) is 0 Å². The largest absolute Gasteiger partial charge is 0.355 e. The minimum Gasteiger partial charge on any atom is -0.355 e. The van der Waals surface area contributed by atoms with E-state index in [9.17, 15) is 14.4 Å². The van der Waals surface area contributed by atoms with Crippen LogP contribution >= 0.6 is 0 Å². The molecule has 0 bridgehead atoms. The van der Waals surface area contributed by atoms with E-state index in [0.29, 0.717) is 23.4 Å². The zero-order valence-corrected chi connectivity index (χ0v) is 15.6. The van der Waals surface area contributed by atoms with Crippen LogP contribution < -0.4 is 21.3 Å². The lowest BCUT2D eigenvalue weighted by Crippen LogP contribution is -2.39. The molecule has 2 rings (SSSR count). The predicted octanol–water partition coefficient (Wildman–Crippen LogP) is 2.51. The summed E-state index contributed by atoms with van der Waals surface area (Å²) in [6.45, 7) is 4.15. The zero-order chi connectivity index (χ0) is 19.8. The van der Waals surface area contributed by atoms with Crippen molar-refractivity contribution in [3.05, 3.63) is 65.2 Å². The Balaban J connectivity index is 1.91. The van der Waals surface area contributed by atoms with Crippen LogP contribution in [0.5, 0.6) is 0 Å². The number of amides is 4. The molecule has 0 radical (unpaired) electrons. The van der Waals surface area contributed by atoms with Gasteiger partial charge in [0.15, 0.2) is 0 Å². The van der Waals surface area contributed by atoms with Crippen molar-refractivity contribution < 1.29 is 14.4 Å². The van der Waals surface area contributed by atoms with E-state index in [4.69, 9.17) is 0 Å². The lowest BCUT2D eigenvalue weighted by molar-refractivity contribution is 0.0962. The summed E-state index contributed by atoms with van der Waals surface area (Å²) in [5, 5.41) is 10.8. The molecule has 0 unspecified atom stereocenters. The molecule has 4 amide bonds. The molecule has 0 saturated heterocycles. The van der Waals surface area contributed by atoms with E-state index in [1.807, 2.05) is 13.8 Å². The molecule has 0 aliphatic rings. The summed E-state index contributed by atoms with van der Waals surface area (Å²) >= 11 is 0. The van der Waals surface area contributed by atoms with Crippen LogP contribution in [-0.2, 0) is 6.54 Å². The van der Waals surface area contributed by atoms with Gasteiger partial charge in [-0.3, -0.25) is 9.59 Å². The molecule has 0 atom stereocenters. The summed E-state index contributed by atoms with van der Waals surface area (Å²) in [6.07, 6.45) is 0. The summed E-state index contributed by atoms with van der Waals surface area (Å²) in [4.78, 5) is 35.4. The number of urea groups is 1. The number of hydrogen-bond donors (Lipinski definition) is 4. The fourth-order valence-corrected chi connectivity index (χ4v) is 2.32. The van der Waals surface area contributed by atoms with Gasteiger partial charge in [-0.05, 0) is 55.8 Å². The van der Waals surface area contributed by atoms with Crippen molar-refractivity contribution in [1.82, 2.24) is 16.0 Å². The van der Waals surface area contributed by atoms with Gasteiger partial charge in [0.05, 0.1) is 0 Å². The Morgan fingerprint density at radius 1 is 0.852 bits per heavy atom. The average molecular weight is 368 g/mol. The maximum atomic E-state index is 12.3. The van der Waals surface area contributed by atoms with Crippen LogP contribution in [0.25, 0.3) is 0 Å². The minimum atomic E-state index is -0.250. The number of hydrogen-bond acceptors (Lipinski definition) is 3. The molecule has 0 saturated carbocycles. The van der Waals surface area contributed by atoms with Crippen molar-refractivity contribution >= 4 is 23.5 Å². The third kappa shape index (κ3) is 6.14. The van der Waals surface area contributed by atoms with Gasteiger partial charge >= 0.3 is 6.03 Å². The van der Waals surface area contributed by atoms with Gasteiger partial charge in [0.25, 0.3) is 11.8 Å². The Bertz CT molecular complexity index is 799. The van der Waals surface area contributed by atoms with E-state index in [1.165, 1.54) is 0 Å². The molecule has 0 spiro atoms. The Labute approximate surface area is 158 Å². The van der Waals surface area contributed by atoms with E-state index >= 15 is 0 Å². The summed E-state index contributed by atoms with van der Waals surface area (Å²) < 4.78 is 0. The Morgan fingerprint density at radius 3 is 1.96 bits per heavy atom. The molecule has 142 valence electrons. The highest BCUT2D eigenvalue weighted by Gasteiger charge is 2.08. The third-order valence-corrected chi connectivity index (χ3v) is 3.72. The van der Waals surface area contributed by atoms with Gasteiger partial charge in [0.1, 0.15) is 0 Å². The Kier molecular flexibility index (Phi) is 6.93. The maximum absolute atomic E-state index is 12.3. The quantitative estimate of drug-likeness (QED) is 0.630. The SMILES string of the molecule is CNC(=O)c1ccc(NC(=O)c2ccc(CNC(=O)NC(C)C)cc2)cc1. The van der Waals surface area contributed by atoms with E-state index < -0.39 is 0 Å². The molecule has 0 aliphatic heterocycles. The first-order chi connectivity index (χ1) is 12.9. The van der Waals surface area contributed by atoms with Crippen molar-refractivity contribution in [3.8, 4) is 0 Å². The smallest absolute Gasteiger partial charge is 0.315 e. The van der Waals surface area contributed by atoms with Gasteiger partial charge in [0, 0.05) is 36.4 Å². The Morgan fingerprint density at radius 2 is 1.41 bits per heavy atom. The van der Waals surface area contributed by atoms with Crippen molar-refractivity contribution in [2.24, 2.45) is 0 Å². The van der Waals surface area contributed by atoms with Crippen molar-refractivity contribution in [3.63, 3.8) is 0 Å². The third-order valence-electron chi connectivity index (χ3n) is 3.72. The van der Waals surface area contributed by atoms with Gasteiger partial charge < -0.3 is 21.3 Å². The number of benzene rings is 2. The Hall–Kier alpha value is -3.35. The highest BCUT2D eigenvalue weighted by atomic mass is 16.2. The molecule has 2 aromatic carbocycles. The molecular formula is C20H24N4O3. The first-order valence-electron chi connectivity index (χ1n) is 8.66. The molecule has 0 aliphatic carbocycles. The van der Waals surface area contributed by atoms with Crippen LogP contribution in [0, 0.1) is 0 Å². The highest BCUT2D eigenvalue weighted by Crippen LogP contribution is 2.12. The van der Waals surface area contributed by atoms with Crippen LogP contribution in [0.4, 0.5) is 10.5 Å². The van der Waals surface area contributed by atoms with E-state index in [0.717, 1.165) is 5.56 Å². The maximum Gasteiger partial charge on any atom is 0.315 e. The van der Waals surface area contributed by atoms with Crippen LogP contribution in [0.15, 0.2) is 48.5 Å². The number of anilines is 1. The summed E-state index contributed by atoms with van der Waals surface area (Å²) in [5.74, 6) is -0.432. The van der Waals surface area contributed by atoms with Crippen LogP contribution in [-0.4, -0.2) is 30.9 Å². The first kappa shape index (κ1) is 20.0. The zero-order valence-electron chi connectivity index (χ0n) is 15.6. The molecule has 0 heterocycles. The second kappa shape index (κ2) is 9.38. The fourth-order valence-electron chi connectivity index (χ4n) is 2.32.